The van der Waals surface area contributed by atoms with Gasteiger partial charge in [-0.15, -0.1) is 0 Å². The zero-order valence-electron chi connectivity index (χ0n) is 16.8. The monoisotopic (exact) mass is 364 g/mol. The van der Waals surface area contributed by atoms with Crippen molar-refractivity contribution in [1.82, 2.24) is 10.2 Å². The standard InChI is InChI=1S/C21H33FN2O2/c1-15(2)8-9-26-18-7-6-16(19(22)10-18)11-24-12-17(13-24)20(25)23-14-21(3,4)5/h6-7,10,15,17H,8-9,11-14H2,1-5H3,(H,23,25). The second kappa shape index (κ2) is 8.85. The predicted molar refractivity (Wildman–Crippen MR) is 103 cm³/mol. The number of hydrogen-bond acceptors (Lipinski definition) is 3. The van der Waals surface area contributed by atoms with E-state index in [-0.39, 0.29) is 23.1 Å². The number of hydrogen-bond donors (Lipinski definition) is 1. The van der Waals surface area contributed by atoms with Crippen LogP contribution in [0.25, 0.3) is 0 Å². The van der Waals surface area contributed by atoms with E-state index in [2.05, 4.69) is 44.8 Å². The fourth-order valence-corrected chi connectivity index (χ4v) is 2.76. The Morgan fingerprint density at radius 2 is 2.04 bits per heavy atom. The zero-order chi connectivity index (χ0) is 19.3. The van der Waals surface area contributed by atoms with Gasteiger partial charge in [0.2, 0.25) is 5.91 Å². The molecular weight excluding hydrogens is 331 g/mol. The molecule has 1 aliphatic rings. The lowest BCUT2D eigenvalue weighted by molar-refractivity contribution is -0.130. The smallest absolute Gasteiger partial charge is 0.225 e. The van der Waals surface area contributed by atoms with Crippen molar-refractivity contribution in [2.45, 2.75) is 47.6 Å². The number of amides is 1. The first-order valence-electron chi connectivity index (χ1n) is 9.55. The lowest BCUT2D eigenvalue weighted by Crippen LogP contribution is -2.53. The first-order valence-corrected chi connectivity index (χ1v) is 9.55. The number of likely N-dealkylation sites (tertiary alicyclic amines) is 1. The summed E-state index contributed by atoms with van der Waals surface area (Å²) in [5.74, 6) is 1.02. The topological polar surface area (TPSA) is 41.6 Å². The maximum Gasteiger partial charge on any atom is 0.225 e. The minimum atomic E-state index is -0.243. The molecule has 1 aromatic carbocycles. The summed E-state index contributed by atoms with van der Waals surface area (Å²) in [6, 6.07) is 5.07. The number of nitrogens with one attached hydrogen (secondary N) is 1. The SMILES string of the molecule is CC(C)CCOc1ccc(CN2CC(C(=O)NCC(C)(C)C)C2)c(F)c1. The summed E-state index contributed by atoms with van der Waals surface area (Å²) in [4.78, 5) is 14.2. The molecule has 1 saturated heterocycles. The van der Waals surface area contributed by atoms with Crippen LogP contribution >= 0.6 is 0 Å². The van der Waals surface area contributed by atoms with Crippen LogP contribution in [0.4, 0.5) is 4.39 Å². The summed E-state index contributed by atoms with van der Waals surface area (Å²) in [5.41, 5.74) is 0.732. The summed E-state index contributed by atoms with van der Waals surface area (Å²) in [6.07, 6.45) is 0.954. The molecule has 0 aliphatic carbocycles. The number of ether oxygens (including phenoxy) is 1. The van der Waals surface area contributed by atoms with Gasteiger partial charge in [0.25, 0.3) is 0 Å². The Bertz CT molecular complexity index is 605. The third-order valence-corrected chi connectivity index (χ3v) is 4.50. The lowest BCUT2D eigenvalue weighted by Gasteiger charge is -2.38. The van der Waals surface area contributed by atoms with E-state index in [1.54, 1.807) is 6.07 Å². The van der Waals surface area contributed by atoms with Gasteiger partial charge in [-0.2, -0.15) is 0 Å². The van der Waals surface area contributed by atoms with Gasteiger partial charge in [0.1, 0.15) is 11.6 Å². The van der Waals surface area contributed by atoms with E-state index in [4.69, 9.17) is 4.74 Å². The molecule has 4 nitrogen and oxygen atoms in total. The molecular formula is C21H33FN2O2. The maximum absolute atomic E-state index is 14.3. The third-order valence-electron chi connectivity index (χ3n) is 4.50. The van der Waals surface area contributed by atoms with Gasteiger partial charge in [-0.1, -0.05) is 40.7 Å². The van der Waals surface area contributed by atoms with Crippen molar-refractivity contribution in [2.75, 3.05) is 26.2 Å². The van der Waals surface area contributed by atoms with Gasteiger partial charge in [0.05, 0.1) is 12.5 Å². The number of carbonyl (C=O) groups is 1. The number of benzene rings is 1. The Balaban J connectivity index is 1.76. The summed E-state index contributed by atoms with van der Waals surface area (Å²) in [6.45, 7) is 13.7. The summed E-state index contributed by atoms with van der Waals surface area (Å²) < 4.78 is 19.9. The molecule has 1 heterocycles. The molecule has 26 heavy (non-hydrogen) atoms. The highest BCUT2D eigenvalue weighted by molar-refractivity contribution is 5.80. The molecule has 1 aromatic rings. The van der Waals surface area contributed by atoms with E-state index < -0.39 is 0 Å². The molecule has 1 aliphatic heterocycles. The molecule has 0 bridgehead atoms. The first kappa shape index (κ1) is 20.7. The largest absolute Gasteiger partial charge is 0.493 e. The zero-order valence-corrected chi connectivity index (χ0v) is 16.8. The van der Waals surface area contributed by atoms with Gasteiger partial charge in [0.15, 0.2) is 0 Å². The molecule has 5 heteroatoms. The Labute approximate surface area is 157 Å². The van der Waals surface area contributed by atoms with E-state index >= 15 is 0 Å². The highest BCUT2D eigenvalue weighted by Gasteiger charge is 2.33. The number of halogens is 1. The fourth-order valence-electron chi connectivity index (χ4n) is 2.76. The second-order valence-electron chi connectivity index (χ2n) is 8.95. The van der Waals surface area contributed by atoms with Gasteiger partial charge in [-0.3, -0.25) is 9.69 Å². The van der Waals surface area contributed by atoms with Crippen LogP contribution in [-0.2, 0) is 11.3 Å². The van der Waals surface area contributed by atoms with Crippen molar-refractivity contribution in [3.63, 3.8) is 0 Å². The Morgan fingerprint density at radius 3 is 2.62 bits per heavy atom. The minimum Gasteiger partial charge on any atom is -0.493 e. The maximum atomic E-state index is 14.3. The molecule has 1 N–H and O–H groups in total. The van der Waals surface area contributed by atoms with E-state index in [0.29, 0.717) is 50.0 Å². The number of rotatable bonds is 8. The lowest BCUT2D eigenvalue weighted by atomic mass is 9.94. The molecule has 0 aromatic heterocycles. The van der Waals surface area contributed by atoms with Crippen molar-refractivity contribution in [2.24, 2.45) is 17.3 Å². The molecule has 2 rings (SSSR count). The molecule has 0 atom stereocenters. The Kier molecular flexibility index (Phi) is 7.04. The van der Waals surface area contributed by atoms with Gasteiger partial charge < -0.3 is 10.1 Å². The van der Waals surface area contributed by atoms with Crippen LogP contribution in [0.15, 0.2) is 18.2 Å². The Morgan fingerprint density at radius 1 is 1.35 bits per heavy atom. The van der Waals surface area contributed by atoms with Crippen LogP contribution < -0.4 is 10.1 Å². The van der Waals surface area contributed by atoms with E-state index in [1.807, 2.05) is 6.07 Å². The van der Waals surface area contributed by atoms with Crippen molar-refractivity contribution < 1.29 is 13.9 Å². The molecule has 1 fully saturated rings. The van der Waals surface area contributed by atoms with Crippen LogP contribution in [0.2, 0.25) is 0 Å². The molecule has 146 valence electrons. The van der Waals surface area contributed by atoms with Crippen molar-refractivity contribution >= 4 is 5.91 Å². The second-order valence-corrected chi connectivity index (χ2v) is 8.95. The number of nitrogens with zero attached hydrogens (tertiary/aromatic N) is 1. The molecule has 0 unspecified atom stereocenters. The molecule has 0 radical (unpaired) electrons. The minimum absolute atomic E-state index is 0.0130. The third kappa shape index (κ3) is 6.60. The molecule has 0 saturated carbocycles. The summed E-state index contributed by atoms with van der Waals surface area (Å²) in [5, 5.41) is 3.00. The number of carbonyl (C=O) groups excluding carboxylic acids is 1. The highest BCUT2D eigenvalue weighted by Crippen LogP contribution is 2.23. The van der Waals surface area contributed by atoms with Crippen LogP contribution in [0, 0.1) is 23.1 Å². The molecule has 1 amide bonds. The normalized spacial score (nSPS) is 15.8. The van der Waals surface area contributed by atoms with E-state index in [0.717, 1.165) is 6.42 Å². The van der Waals surface area contributed by atoms with Gasteiger partial charge >= 0.3 is 0 Å². The van der Waals surface area contributed by atoms with Crippen LogP contribution in [-0.4, -0.2) is 37.0 Å². The van der Waals surface area contributed by atoms with Crippen molar-refractivity contribution in [3.05, 3.63) is 29.6 Å². The average Bonchev–Trinajstić information content (AvgIpc) is 2.48. The fraction of sp³-hybridized carbons (Fsp3) is 0.667. The van der Waals surface area contributed by atoms with Gasteiger partial charge in [-0.25, -0.2) is 4.39 Å². The van der Waals surface area contributed by atoms with Gasteiger partial charge in [0, 0.05) is 37.8 Å². The van der Waals surface area contributed by atoms with E-state index in [1.165, 1.54) is 6.07 Å². The van der Waals surface area contributed by atoms with Crippen LogP contribution in [0.5, 0.6) is 5.75 Å². The Hall–Kier alpha value is -1.62. The van der Waals surface area contributed by atoms with Crippen molar-refractivity contribution in [3.8, 4) is 5.75 Å². The van der Waals surface area contributed by atoms with Crippen LogP contribution in [0.1, 0.15) is 46.6 Å². The first-order chi connectivity index (χ1) is 12.1. The van der Waals surface area contributed by atoms with E-state index in [9.17, 15) is 9.18 Å². The molecule has 0 spiro atoms. The average molecular weight is 365 g/mol. The summed E-state index contributed by atoms with van der Waals surface area (Å²) in [7, 11) is 0. The highest BCUT2D eigenvalue weighted by atomic mass is 19.1. The van der Waals surface area contributed by atoms with Gasteiger partial charge in [-0.05, 0) is 23.8 Å². The summed E-state index contributed by atoms with van der Waals surface area (Å²) >= 11 is 0. The quantitative estimate of drug-likeness (QED) is 0.762. The van der Waals surface area contributed by atoms with Crippen LogP contribution in [0.3, 0.4) is 0 Å². The van der Waals surface area contributed by atoms with Crippen molar-refractivity contribution in [1.29, 1.82) is 0 Å². The predicted octanol–water partition coefficient (Wildman–Crippen LogP) is 3.84.